The number of nitrogens with zero attached hydrogens (tertiary/aromatic N) is 4. The third kappa shape index (κ3) is 3.41. The molecular weight excluding hydrogens is 328 g/mol. The molecule has 1 atom stereocenters. The number of cyclic esters (lactones) is 1. The van der Waals surface area contributed by atoms with E-state index in [0.29, 0.717) is 5.56 Å². The highest BCUT2D eigenvalue weighted by molar-refractivity contribution is 5.79. The van der Waals surface area contributed by atoms with Crippen LogP contribution in [0.4, 0.5) is 5.82 Å². The number of hydrogen-bond donors (Lipinski definition) is 0. The first-order valence-electron chi connectivity index (χ1n) is 9.73. The Morgan fingerprint density at radius 2 is 2.00 bits per heavy atom. The molecule has 2 saturated heterocycles. The second kappa shape index (κ2) is 7.24. The zero-order chi connectivity index (χ0) is 18.0. The smallest absolute Gasteiger partial charge is 0.312 e. The van der Waals surface area contributed by atoms with E-state index in [1.807, 2.05) is 12.1 Å². The molecule has 1 aromatic rings. The number of esters is 1. The summed E-state index contributed by atoms with van der Waals surface area (Å²) >= 11 is 0. The molecule has 3 heterocycles. The van der Waals surface area contributed by atoms with Crippen LogP contribution in [-0.4, -0.2) is 54.7 Å². The number of piperazine rings is 1. The maximum atomic E-state index is 12.2. The van der Waals surface area contributed by atoms with Crippen molar-refractivity contribution in [1.82, 2.24) is 9.88 Å². The first-order valence-corrected chi connectivity index (χ1v) is 9.73. The SMILES string of the molecule is N#Cc1ccc(N2CCN(CCC3CC4(CCCC4)C(=O)O3)CC2)nc1. The average molecular weight is 354 g/mol. The van der Waals surface area contributed by atoms with Crippen molar-refractivity contribution in [1.29, 1.82) is 5.26 Å². The van der Waals surface area contributed by atoms with Gasteiger partial charge in [0.25, 0.3) is 0 Å². The van der Waals surface area contributed by atoms with Gasteiger partial charge in [-0.1, -0.05) is 12.8 Å². The molecule has 6 nitrogen and oxygen atoms in total. The van der Waals surface area contributed by atoms with Gasteiger partial charge in [-0.05, 0) is 31.4 Å². The Balaban J connectivity index is 1.23. The molecule has 3 aliphatic rings. The lowest BCUT2D eigenvalue weighted by Gasteiger charge is -2.35. The topological polar surface area (TPSA) is 69.5 Å². The molecule has 3 fully saturated rings. The van der Waals surface area contributed by atoms with Gasteiger partial charge in [0.2, 0.25) is 0 Å². The van der Waals surface area contributed by atoms with E-state index < -0.39 is 0 Å². The maximum Gasteiger partial charge on any atom is 0.312 e. The summed E-state index contributed by atoms with van der Waals surface area (Å²) < 4.78 is 5.69. The van der Waals surface area contributed by atoms with Crippen molar-refractivity contribution in [3.05, 3.63) is 23.9 Å². The van der Waals surface area contributed by atoms with Crippen LogP contribution in [0.25, 0.3) is 0 Å². The molecule has 4 rings (SSSR count). The summed E-state index contributed by atoms with van der Waals surface area (Å²) in [5.74, 6) is 1.01. The third-order valence-corrected chi connectivity index (χ3v) is 6.23. The van der Waals surface area contributed by atoms with Crippen LogP contribution in [0.15, 0.2) is 18.3 Å². The average Bonchev–Trinajstić information content (AvgIpc) is 3.28. The van der Waals surface area contributed by atoms with Gasteiger partial charge < -0.3 is 9.64 Å². The molecule has 1 aliphatic carbocycles. The molecule has 138 valence electrons. The molecule has 1 aromatic heterocycles. The van der Waals surface area contributed by atoms with Gasteiger partial charge >= 0.3 is 5.97 Å². The molecule has 1 saturated carbocycles. The fourth-order valence-electron chi connectivity index (χ4n) is 4.62. The van der Waals surface area contributed by atoms with Crippen LogP contribution in [0.3, 0.4) is 0 Å². The standard InChI is InChI=1S/C20H26N4O2/c21-14-16-3-4-18(22-15-16)24-11-9-23(10-12-24)8-5-17-13-20(19(25)26-17)6-1-2-7-20/h3-4,15,17H,1-2,5-13H2. The lowest BCUT2D eigenvalue weighted by atomic mass is 9.83. The molecular formula is C20H26N4O2. The lowest BCUT2D eigenvalue weighted by Crippen LogP contribution is -2.47. The summed E-state index contributed by atoms with van der Waals surface area (Å²) in [6, 6.07) is 5.85. The highest BCUT2D eigenvalue weighted by atomic mass is 16.6. The summed E-state index contributed by atoms with van der Waals surface area (Å²) in [7, 11) is 0. The van der Waals surface area contributed by atoms with Gasteiger partial charge in [0.15, 0.2) is 0 Å². The number of hydrogen-bond acceptors (Lipinski definition) is 6. The highest BCUT2D eigenvalue weighted by Crippen LogP contribution is 2.48. The van der Waals surface area contributed by atoms with Crippen LogP contribution in [0.5, 0.6) is 0 Å². The molecule has 1 unspecified atom stereocenters. The fourth-order valence-corrected chi connectivity index (χ4v) is 4.62. The summed E-state index contributed by atoms with van der Waals surface area (Å²) in [5, 5.41) is 8.86. The van der Waals surface area contributed by atoms with Gasteiger partial charge in [0.05, 0.1) is 11.0 Å². The minimum absolute atomic E-state index is 0.0664. The molecule has 2 aliphatic heterocycles. The van der Waals surface area contributed by atoms with Crippen molar-refractivity contribution < 1.29 is 9.53 Å². The number of carbonyl (C=O) groups is 1. The van der Waals surface area contributed by atoms with Crippen LogP contribution < -0.4 is 4.90 Å². The van der Waals surface area contributed by atoms with Gasteiger partial charge in [-0.2, -0.15) is 5.26 Å². The number of aromatic nitrogens is 1. The van der Waals surface area contributed by atoms with E-state index in [0.717, 1.165) is 64.2 Å². The van der Waals surface area contributed by atoms with Gasteiger partial charge in [0, 0.05) is 45.3 Å². The van der Waals surface area contributed by atoms with E-state index >= 15 is 0 Å². The number of anilines is 1. The molecule has 0 radical (unpaired) electrons. The minimum atomic E-state index is -0.134. The Morgan fingerprint density at radius 3 is 2.65 bits per heavy atom. The van der Waals surface area contributed by atoms with Gasteiger partial charge in [0.1, 0.15) is 18.0 Å². The summed E-state index contributed by atoms with van der Waals surface area (Å²) in [4.78, 5) is 21.3. The zero-order valence-electron chi connectivity index (χ0n) is 15.2. The first-order chi connectivity index (χ1) is 12.7. The zero-order valence-corrected chi connectivity index (χ0v) is 15.2. The molecule has 0 N–H and O–H groups in total. The normalized spacial score (nSPS) is 25.4. The number of carbonyl (C=O) groups excluding carboxylic acids is 1. The minimum Gasteiger partial charge on any atom is -0.462 e. The summed E-state index contributed by atoms with van der Waals surface area (Å²) in [6.07, 6.45) is 8.02. The number of nitriles is 1. The Bertz CT molecular complexity index is 683. The van der Waals surface area contributed by atoms with Crippen molar-refractivity contribution in [2.75, 3.05) is 37.6 Å². The van der Waals surface area contributed by atoms with Crippen molar-refractivity contribution >= 4 is 11.8 Å². The van der Waals surface area contributed by atoms with Crippen LogP contribution in [-0.2, 0) is 9.53 Å². The van der Waals surface area contributed by atoms with Crippen molar-refractivity contribution in [2.45, 2.75) is 44.6 Å². The largest absolute Gasteiger partial charge is 0.462 e. The predicted molar refractivity (Wildman–Crippen MR) is 97.6 cm³/mol. The number of ether oxygens (including phenoxy) is 1. The summed E-state index contributed by atoms with van der Waals surface area (Å²) in [5.41, 5.74) is 0.462. The second-order valence-electron chi connectivity index (χ2n) is 7.85. The van der Waals surface area contributed by atoms with E-state index in [1.165, 1.54) is 12.8 Å². The molecule has 26 heavy (non-hydrogen) atoms. The van der Waals surface area contributed by atoms with Gasteiger partial charge in [-0.15, -0.1) is 0 Å². The number of rotatable bonds is 4. The van der Waals surface area contributed by atoms with Crippen LogP contribution in [0, 0.1) is 16.7 Å². The number of pyridine rings is 1. The van der Waals surface area contributed by atoms with Crippen LogP contribution >= 0.6 is 0 Å². The monoisotopic (exact) mass is 354 g/mol. The van der Waals surface area contributed by atoms with E-state index in [-0.39, 0.29) is 17.5 Å². The van der Waals surface area contributed by atoms with Gasteiger partial charge in [-0.25, -0.2) is 4.98 Å². The first kappa shape index (κ1) is 17.3. The van der Waals surface area contributed by atoms with Crippen molar-refractivity contribution in [2.24, 2.45) is 5.41 Å². The molecule has 0 amide bonds. The van der Waals surface area contributed by atoms with Gasteiger partial charge in [-0.3, -0.25) is 9.69 Å². The lowest BCUT2D eigenvalue weighted by molar-refractivity contribution is -0.148. The molecule has 6 heteroatoms. The van der Waals surface area contributed by atoms with E-state index in [2.05, 4.69) is 20.9 Å². The van der Waals surface area contributed by atoms with Crippen molar-refractivity contribution in [3.8, 4) is 6.07 Å². The third-order valence-electron chi connectivity index (χ3n) is 6.23. The van der Waals surface area contributed by atoms with Crippen LogP contribution in [0.1, 0.15) is 44.1 Å². The van der Waals surface area contributed by atoms with Crippen molar-refractivity contribution in [3.63, 3.8) is 0 Å². The Kier molecular flexibility index (Phi) is 4.82. The second-order valence-corrected chi connectivity index (χ2v) is 7.85. The fraction of sp³-hybridized carbons (Fsp3) is 0.650. The van der Waals surface area contributed by atoms with E-state index in [9.17, 15) is 4.79 Å². The van der Waals surface area contributed by atoms with E-state index in [4.69, 9.17) is 10.00 Å². The quantitative estimate of drug-likeness (QED) is 0.773. The Hall–Kier alpha value is -2.13. The predicted octanol–water partition coefficient (Wildman–Crippen LogP) is 2.34. The summed E-state index contributed by atoms with van der Waals surface area (Å²) in [6.45, 7) is 4.85. The maximum absolute atomic E-state index is 12.2. The Labute approximate surface area is 154 Å². The molecule has 0 bridgehead atoms. The highest BCUT2D eigenvalue weighted by Gasteiger charge is 2.50. The van der Waals surface area contributed by atoms with Crippen LogP contribution in [0.2, 0.25) is 0 Å². The molecule has 1 spiro atoms. The Morgan fingerprint density at radius 1 is 1.23 bits per heavy atom. The molecule has 0 aromatic carbocycles. The van der Waals surface area contributed by atoms with E-state index in [1.54, 1.807) is 6.20 Å².